The van der Waals surface area contributed by atoms with Crippen LogP contribution in [-0.4, -0.2) is 98.3 Å². The van der Waals surface area contributed by atoms with E-state index in [1.807, 2.05) is 6.92 Å². The minimum absolute atomic E-state index is 0.121. The first kappa shape index (κ1) is 20.1. The number of nitrogens with one attached hydrogen (secondary N) is 1. The number of likely N-dealkylation sites (N-methyl/N-ethyl adjacent to an activating group) is 1. The molecule has 1 N–H and O–H groups in total. The number of carbonyl (C=O) groups excluding carboxylic acids is 1. The average molecular weight is 402 g/mol. The quantitative estimate of drug-likeness (QED) is 0.708. The molecule has 2 aromatic heterocycles. The van der Waals surface area contributed by atoms with E-state index in [1.165, 1.54) is 6.33 Å². The molecule has 9 heteroatoms. The number of hydrogen-bond acceptors (Lipinski definition) is 8. The molecule has 2 saturated heterocycles. The number of morpholine rings is 1. The van der Waals surface area contributed by atoms with Gasteiger partial charge in [-0.3, -0.25) is 4.79 Å². The Morgan fingerprint density at radius 2 is 1.90 bits per heavy atom. The zero-order valence-electron chi connectivity index (χ0n) is 17.3. The van der Waals surface area contributed by atoms with Gasteiger partial charge in [0.2, 0.25) is 5.71 Å². The largest absolute Gasteiger partial charge is 0.442 e. The fraction of sp³-hybridized carbons (Fsp3) is 0.650. The maximum absolute atomic E-state index is 13.0. The number of fused-ring (bicyclic) bond motifs is 1. The predicted molar refractivity (Wildman–Crippen MR) is 110 cm³/mol. The number of anilines is 1. The standard InChI is InChI=1S/C20H30N6O3/c1-15-16(19(27)21-4-3-5-25-8-6-24(2)7-9-25)17-18(22-14-23-20(17)29-15)26-10-12-28-13-11-26/h14H,3-13H2,1-2H3,(H,21,27). The third-order valence-electron chi connectivity index (χ3n) is 5.71. The molecule has 0 atom stereocenters. The molecule has 1 amide bonds. The molecule has 0 saturated carbocycles. The van der Waals surface area contributed by atoms with Crippen molar-refractivity contribution in [2.45, 2.75) is 13.3 Å². The van der Waals surface area contributed by atoms with E-state index in [-0.39, 0.29) is 5.91 Å². The van der Waals surface area contributed by atoms with Crippen molar-refractivity contribution in [3.63, 3.8) is 0 Å². The molecule has 2 fully saturated rings. The van der Waals surface area contributed by atoms with Crippen LogP contribution < -0.4 is 10.2 Å². The number of carbonyl (C=O) groups is 1. The highest BCUT2D eigenvalue weighted by atomic mass is 16.5. The number of furan rings is 1. The van der Waals surface area contributed by atoms with Gasteiger partial charge >= 0.3 is 0 Å². The molecule has 0 spiro atoms. The first-order valence-electron chi connectivity index (χ1n) is 10.4. The van der Waals surface area contributed by atoms with E-state index >= 15 is 0 Å². The Morgan fingerprint density at radius 3 is 2.66 bits per heavy atom. The third-order valence-corrected chi connectivity index (χ3v) is 5.71. The summed E-state index contributed by atoms with van der Waals surface area (Å²) in [5.41, 5.74) is 1.00. The summed E-state index contributed by atoms with van der Waals surface area (Å²) in [5, 5.41) is 3.76. The molecular weight excluding hydrogens is 372 g/mol. The molecule has 0 aliphatic carbocycles. The van der Waals surface area contributed by atoms with Crippen molar-refractivity contribution in [1.82, 2.24) is 25.1 Å². The molecule has 158 valence electrons. The van der Waals surface area contributed by atoms with Gasteiger partial charge in [-0.1, -0.05) is 0 Å². The number of piperazine rings is 1. The summed E-state index contributed by atoms with van der Waals surface area (Å²) < 4.78 is 11.2. The Bertz CT molecular complexity index is 840. The molecule has 4 rings (SSSR count). The first-order valence-corrected chi connectivity index (χ1v) is 10.4. The Balaban J connectivity index is 1.42. The van der Waals surface area contributed by atoms with Crippen molar-refractivity contribution in [3.8, 4) is 0 Å². The molecule has 2 aliphatic rings. The Kier molecular flexibility index (Phi) is 6.27. The van der Waals surface area contributed by atoms with Crippen LogP contribution in [-0.2, 0) is 4.74 Å². The fourth-order valence-corrected chi connectivity index (χ4v) is 3.98. The SMILES string of the molecule is Cc1oc2ncnc(N3CCOCC3)c2c1C(=O)NCCCN1CCN(C)CC1. The monoisotopic (exact) mass is 402 g/mol. The molecule has 0 aromatic carbocycles. The smallest absolute Gasteiger partial charge is 0.255 e. The number of aryl methyl sites for hydroxylation is 1. The second-order valence-corrected chi connectivity index (χ2v) is 7.76. The van der Waals surface area contributed by atoms with E-state index in [1.54, 1.807) is 0 Å². The summed E-state index contributed by atoms with van der Waals surface area (Å²) >= 11 is 0. The predicted octanol–water partition coefficient (Wildman–Crippen LogP) is 0.735. The van der Waals surface area contributed by atoms with Crippen LogP contribution in [0.4, 0.5) is 5.82 Å². The molecule has 0 radical (unpaired) electrons. The maximum Gasteiger partial charge on any atom is 0.255 e. The molecule has 2 aliphatic heterocycles. The Labute approximate surface area is 171 Å². The summed E-state index contributed by atoms with van der Waals surface area (Å²) in [6.45, 7) is 10.6. The van der Waals surface area contributed by atoms with Gasteiger partial charge in [-0.05, 0) is 26.9 Å². The summed E-state index contributed by atoms with van der Waals surface area (Å²) in [7, 11) is 2.16. The average Bonchev–Trinajstić information content (AvgIpc) is 3.09. The van der Waals surface area contributed by atoms with E-state index < -0.39 is 0 Å². The number of ether oxygens (including phenoxy) is 1. The van der Waals surface area contributed by atoms with Gasteiger partial charge in [-0.15, -0.1) is 0 Å². The summed E-state index contributed by atoms with van der Waals surface area (Å²) in [6, 6.07) is 0. The van der Waals surface area contributed by atoms with Crippen LogP contribution in [0.2, 0.25) is 0 Å². The van der Waals surface area contributed by atoms with Crippen LogP contribution in [0.1, 0.15) is 22.5 Å². The van der Waals surface area contributed by atoms with Gasteiger partial charge in [0, 0.05) is 45.8 Å². The van der Waals surface area contributed by atoms with Gasteiger partial charge in [0.15, 0.2) is 0 Å². The van der Waals surface area contributed by atoms with Gasteiger partial charge in [0.1, 0.15) is 17.9 Å². The maximum atomic E-state index is 13.0. The number of nitrogens with zero attached hydrogens (tertiary/aromatic N) is 5. The second-order valence-electron chi connectivity index (χ2n) is 7.76. The lowest BCUT2D eigenvalue weighted by Gasteiger charge is -2.32. The summed E-state index contributed by atoms with van der Waals surface area (Å²) in [4.78, 5) is 28.6. The van der Waals surface area contributed by atoms with Crippen LogP contribution in [0.15, 0.2) is 10.7 Å². The topological polar surface area (TPSA) is 87.0 Å². The lowest BCUT2D eigenvalue weighted by Crippen LogP contribution is -2.45. The molecule has 0 unspecified atom stereocenters. The molecule has 2 aromatic rings. The zero-order valence-corrected chi connectivity index (χ0v) is 17.3. The second kappa shape index (κ2) is 9.06. The number of amides is 1. The summed E-state index contributed by atoms with van der Waals surface area (Å²) in [6.07, 6.45) is 2.42. The first-order chi connectivity index (χ1) is 14.1. The Hall–Kier alpha value is -2.23. The molecule has 0 bridgehead atoms. The van der Waals surface area contributed by atoms with E-state index in [0.29, 0.717) is 42.2 Å². The zero-order chi connectivity index (χ0) is 20.2. The van der Waals surface area contributed by atoms with E-state index in [2.05, 4.69) is 37.0 Å². The molecule has 9 nitrogen and oxygen atoms in total. The Morgan fingerprint density at radius 1 is 1.14 bits per heavy atom. The van der Waals surface area contributed by atoms with E-state index in [4.69, 9.17) is 9.15 Å². The van der Waals surface area contributed by atoms with Crippen LogP contribution >= 0.6 is 0 Å². The van der Waals surface area contributed by atoms with Crippen LogP contribution in [0.25, 0.3) is 11.1 Å². The van der Waals surface area contributed by atoms with Crippen LogP contribution in [0.5, 0.6) is 0 Å². The van der Waals surface area contributed by atoms with Crippen molar-refractivity contribution in [2.75, 3.05) is 77.5 Å². The number of hydrogen-bond donors (Lipinski definition) is 1. The van der Waals surface area contributed by atoms with E-state index in [0.717, 1.165) is 58.1 Å². The van der Waals surface area contributed by atoms with Crippen molar-refractivity contribution >= 4 is 22.8 Å². The van der Waals surface area contributed by atoms with Gasteiger partial charge in [-0.2, -0.15) is 0 Å². The summed E-state index contributed by atoms with van der Waals surface area (Å²) in [5.74, 6) is 1.20. The van der Waals surface area contributed by atoms with Gasteiger partial charge < -0.3 is 29.2 Å². The van der Waals surface area contributed by atoms with Crippen molar-refractivity contribution in [2.24, 2.45) is 0 Å². The van der Waals surface area contributed by atoms with Crippen molar-refractivity contribution in [3.05, 3.63) is 17.7 Å². The highest BCUT2D eigenvalue weighted by Crippen LogP contribution is 2.31. The third kappa shape index (κ3) is 4.52. The number of rotatable bonds is 6. The minimum Gasteiger partial charge on any atom is -0.442 e. The van der Waals surface area contributed by atoms with Gasteiger partial charge in [-0.25, -0.2) is 9.97 Å². The van der Waals surface area contributed by atoms with Gasteiger partial charge in [0.25, 0.3) is 5.91 Å². The lowest BCUT2D eigenvalue weighted by atomic mass is 10.1. The lowest BCUT2D eigenvalue weighted by molar-refractivity contribution is 0.0949. The number of aromatic nitrogens is 2. The van der Waals surface area contributed by atoms with Crippen molar-refractivity contribution in [1.29, 1.82) is 0 Å². The normalized spacial score (nSPS) is 19.0. The molecule has 4 heterocycles. The van der Waals surface area contributed by atoms with Crippen LogP contribution in [0, 0.1) is 6.92 Å². The van der Waals surface area contributed by atoms with Crippen LogP contribution in [0.3, 0.4) is 0 Å². The fourth-order valence-electron chi connectivity index (χ4n) is 3.98. The highest BCUT2D eigenvalue weighted by Gasteiger charge is 2.25. The highest BCUT2D eigenvalue weighted by molar-refractivity contribution is 6.10. The minimum atomic E-state index is -0.121. The van der Waals surface area contributed by atoms with Crippen molar-refractivity contribution < 1.29 is 13.9 Å². The molecule has 29 heavy (non-hydrogen) atoms. The molecular formula is C20H30N6O3. The van der Waals surface area contributed by atoms with Gasteiger partial charge in [0.05, 0.1) is 24.2 Å². The van der Waals surface area contributed by atoms with E-state index in [9.17, 15) is 4.79 Å².